The zero-order chi connectivity index (χ0) is 15.3. The van der Waals surface area contributed by atoms with Crippen molar-refractivity contribution in [2.45, 2.75) is 27.2 Å². The SMILES string of the molecule is CCCN(CC)c1ccc(C(=O)OCC2(C)COC2)cn1. The Morgan fingerprint density at radius 1 is 1.43 bits per heavy atom. The summed E-state index contributed by atoms with van der Waals surface area (Å²) in [6, 6.07) is 3.66. The van der Waals surface area contributed by atoms with Gasteiger partial charge >= 0.3 is 5.97 Å². The number of ether oxygens (including phenoxy) is 2. The second-order valence-corrected chi connectivity index (χ2v) is 5.86. The van der Waals surface area contributed by atoms with Crippen LogP contribution in [-0.2, 0) is 9.47 Å². The van der Waals surface area contributed by atoms with Crippen LogP contribution in [0.1, 0.15) is 37.6 Å². The number of anilines is 1. The molecule has 0 bridgehead atoms. The molecule has 0 aliphatic carbocycles. The highest BCUT2D eigenvalue weighted by Gasteiger charge is 2.35. The molecule has 0 radical (unpaired) electrons. The Labute approximate surface area is 126 Å². The van der Waals surface area contributed by atoms with Gasteiger partial charge in [-0.25, -0.2) is 9.78 Å². The second kappa shape index (κ2) is 6.89. The van der Waals surface area contributed by atoms with E-state index in [2.05, 4.69) is 30.7 Å². The molecule has 0 aromatic carbocycles. The zero-order valence-electron chi connectivity index (χ0n) is 13.1. The van der Waals surface area contributed by atoms with Gasteiger partial charge in [0.15, 0.2) is 0 Å². The number of pyridine rings is 1. The van der Waals surface area contributed by atoms with Gasteiger partial charge in [-0.05, 0) is 25.5 Å². The molecular weight excluding hydrogens is 268 g/mol. The maximum atomic E-state index is 12.0. The third kappa shape index (κ3) is 3.94. The van der Waals surface area contributed by atoms with E-state index in [1.807, 2.05) is 6.07 Å². The minimum atomic E-state index is -0.319. The van der Waals surface area contributed by atoms with Crippen LogP contribution in [0, 0.1) is 5.41 Å². The molecule has 1 saturated heterocycles. The van der Waals surface area contributed by atoms with Gasteiger partial charge in [0, 0.05) is 24.7 Å². The molecule has 1 fully saturated rings. The van der Waals surface area contributed by atoms with Gasteiger partial charge < -0.3 is 14.4 Å². The minimum absolute atomic E-state index is 0.0246. The Kier molecular flexibility index (Phi) is 5.17. The van der Waals surface area contributed by atoms with Gasteiger partial charge in [0.1, 0.15) is 12.4 Å². The van der Waals surface area contributed by atoms with Crippen LogP contribution in [0.5, 0.6) is 0 Å². The van der Waals surface area contributed by atoms with Crippen molar-refractivity contribution in [2.24, 2.45) is 5.41 Å². The standard InChI is InChI=1S/C16H24N2O3/c1-4-8-18(5-2)14-7-6-13(9-17-14)15(19)21-12-16(3)10-20-11-16/h6-7,9H,4-5,8,10-12H2,1-3H3. The topological polar surface area (TPSA) is 51.7 Å². The van der Waals surface area contributed by atoms with E-state index in [9.17, 15) is 4.79 Å². The van der Waals surface area contributed by atoms with E-state index in [1.54, 1.807) is 12.3 Å². The fourth-order valence-electron chi connectivity index (χ4n) is 2.26. The third-order valence-electron chi connectivity index (χ3n) is 3.64. The van der Waals surface area contributed by atoms with E-state index in [1.165, 1.54) is 0 Å². The molecule has 0 unspecified atom stereocenters. The number of rotatable bonds is 7. The van der Waals surface area contributed by atoms with E-state index >= 15 is 0 Å². The molecule has 5 nitrogen and oxygen atoms in total. The lowest BCUT2D eigenvalue weighted by molar-refractivity contribution is -0.127. The van der Waals surface area contributed by atoms with Crippen LogP contribution in [0.2, 0.25) is 0 Å². The molecule has 0 spiro atoms. The molecule has 2 heterocycles. The predicted molar refractivity (Wildman–Crippen MR) is 81.6 cm³/mol. The summed E-state index contributed by atoms with van der Waals surface area (Å²) in [4.78, 5) is 18.5. The second-order valence-electron chi connectivity index (χ2n) is 5.86. The van der Waals surface area contributed by atoms with Gasteiger partial charge in [-0.1, -0.05) is 13.8 Å². The molecule has 1 aromatic heterocycles. The van der Waals surface area contributed by atoms with Crippen molar-refractivity contribution >= 4 is 11.8 Å². The first-order valence-corrected chi connectivity index (χ1v) is 7.54. The van der Waals surface area contributed by atoms with Crippen molar-refractivity contribution in [1.29, 1.82) is 0 Å². The Hall–Kier alpha value is -1.62. The number of esters is 1. The molecule has 1 aliphatic rings. The van der Waals surface area contributed by atoms with Crippen molar-refractivity contribution in [3.8, 4) is 0 Å². The van der Waals surface area contributed by atoms with Gasteiger partial charge in [-0.15, -0.1) is 0 Å². The van der Waals surface area contributed by atoms with Gasteiger partial charge in [0.05, 0.1) is 18.8 Å². The van der Waals surface area contributed by atoms with Crippen LogP contribution in [0.4, 0.5) is 5.82 Å². The highest BCUT2D eigenvalue weighted by Crippen LogP contribution is 2.26. The van der Waals surface area contributed by atoms with Crippen molar-refractivity contribution < 1.29 is 14.3 Å². The summed E-state index contributed by atoms with van der Waals surface area (Å²) in [6.07, 6.45) is 2.66. The van der Waals surface area contributed by atoms with Crippen LogP contribution in [0.25, 0.3) is 0 Å². The largest absolute Gasteiger partial charge is 0.461 e. The molecule has 0 saturated carbocycles. The molecular formula is C16H24N2O3. The number of nitrogens with zero attached hydrogens (tertiary/aromatic N) is 2. The first-order chi connectivity index (χ1) is 10.1. The number of aromatic nitrogens is 1. The Bertz CT molecular complexity index is 469. The molecule has 0 amide bonds. The number of hydrogen-bond acceptors (Lipinski definition) is 5. The van der Waals surface area contributed by atoms with Crippen molar-refractivity contribution in [3.63, 3.8) is 0 Å². The fraction of sp³-hybridized carbons (Fsp3) is 0.625. The van der Waals surface area contributed by atoms with Crippen LogP contribution in [0.3, 0.4) is 0 Å². The average Bonchev–Trinajstić information content (AvgIpc) is 2.48. The third-order valence-corrected chi connectivity index (χ3v) is 3.64. The Morgan fingerprint density at radius 3 is 2.67 bits per heavy atom. The molecule has 1 aromatic rings. The lowest BCUT2D eigenvalue weighted by atomic mass is 9.90. The number of carbonyl (C=O) groups is 1. The molecule has 2 rings (SSSR count). The first kappa shape index (κ1) is 15.8. The van der Waals surface area contributed by atoms with E-state index < -0.39 is 0 Å². The Morgan fingerprint density at radius 2 is 2.19 bits per heavy atom. The summed E-state index contributed by atoms with van der Waals surface area (Å²) >= 11 is 0. The maximum Gasteiger partial charge on any atom is 0.339 e. The molecule has 21 heavy (non-hydrogen) atoms. The summed E-state index contributed by atoms with van der Waals surface area (Å²) in [5.74, 6) is 0.580. The summed E-state index contributed by atoms with van der Waals surface area (Å²) in [5.41, 5.74) is 0.471. The maximum absolute atomic E-state index is 12.0. The molecule has 0 N–H and O–H groups in total. The van der Waals surface area contributed by atoms with Crippen LogP contribution in [0.15, 0.2) is 18.3 Å². The molecule has 5 heteroatoms. The average molecular weight is 292 g/mol. The molecule has 1 aliphatic heterocycles. The first-order valence-electron chi connectivity index (χ1n) is 7.54. The zero-order valence-corrected chi connectivity index (χ0v) is 13.1. The number of hydrogen-bond donors (Lipinski definition) is 0. The molecule has 116 valence electrons. The van der Waals surface area contributed by atoms with E-state index in [-0.39, 0.29) is 11.4 Å². The Balaban J connectivity index is 1.92. The van der Waals surface area contributed by atoms with E-state index in [0.717, 1.165) is 25.3 Å². The van der Waals surface area contributed by atoms with Crippen molar-refractivity contribution in [3.05, 3.63) is 23.9 Å². The van der Waals surface area contributed by atoms with Crippen LogP contribution in [-0.4, -0.2) is 43.9 Å². The monoisotopic (exact) mass is 292 g/mol. The van der Waals surface area contributed by atoms with Crippen LogP contribution < -0.4 is 4.90 Å². The molecule has 0 atom stereocenters. The fourth-order valence-corrected chi connectivity index (χ4v) is 2.26. The van der Waals surface area contributed by atoms with Crippen molar-refractivity contribution in [1.82, 2.24) is 4.98 Å². The summed E-state index contributed by atoms with van der Waals surface area (Å²) < 4.78 is 10.5. The number of carbonyl (C=O) groups excluding carboxylic acids is 1. The van der Waals surface area contributed by atoms with E-state index in [4.69, 9.17) is 9.47 Å². The summed E-state index contributed by atoms with van der Waals surface area (Å²) in [7, 11) is 0. The van der Waals surface area contributed by atoms with Gasteiger partial charge in [-0.2, -0.15) is 0 Å². The normalized spacial score (nSPS) is 16.1. The highest BCUT2D eigenvalue weighted by molar-refractivity contribution is 5.89. The summed E-state index contributed by atoms with van der Waals surface area (Å²) in [5, 5.41) is 0. The van der Waals surface area contributed by atoms with Gasteiger partial charge in [0.2, 0.25) is 0 Å². The lowest BCUT2D eigenvalue weighted by Gasteiger charge is -2.37. The van der Waals surface area contributed by atoms with Crippen LogP contribution >= 0.6 is 0 Å². The quantitative estimate of drug-likeness (QED) is 0.723. The summed E-state index contributed by atoms with van der Waals surface area (Å²) in [6.45, 7) is 9.86. The highest BCUT2D eigenvalue weighted by atomic mass is 16.5. The van der Waals surface area contributed by atoms with Gasteiger partial charge in [-0.3, -0.25) is 0 Å². The van der Waals surface area contributed by atoms with Crippen molar-refractivity contribution in [2.75, 3.05) is 37.8 Å². The van der Waals surface area contributed by atoms with Gasteiger partial charge in [0.25, 0.3) is 0 Å². The van der Waals surface area contributed by atoms with E-state index in [0.29, 0.717) is 25.4 Å². The lowest BCUT2D eigenvalue weighted by Crippen LogP contribution is -2.44. The minimum Gasteiger partial charge on any atom is -0.461 e. The smallest absolute Gasteiger partial charge is 0.339 e. The predicted octanol–water partition coefficient (Wildman–Crippen LogP) is 2.51.